The molecule has 0 amide bonds. The van der Waals surface area contributed by atoms with Crippen molar-refractivity contribution in [1.29, 1.82) is 0 Å². The molecule has 4 rings (SSSR count). The van der Waals surface area contributed by atoms with Gasteiger partial charge in [-0.15, -0.1) is 0 Å². The number of aromatic nitrogens is 4. The van der Waals surface area contributed by atoms with Crippen LogP contribution in [0.1, 0.15) is 25.7 Å². The SMILES string of the molecule is COc1ccc(Nc2nc(NC3CCCC3)nc3nccnc23)cc1. The molecule has 128 valence electrons. The third kappa shape index (κ3) is 3.45. The van der Waals surface area contributed by atoms with Crippen LogP contribution >= 0.6 is 0 Å². The number of fused-ring (bicyclic) bond motifs is 1. The predicted octanol–water partition coefficient (Wildman–Crippen LogP) is 3.53. The number of hydrogen-bond donors (Lipinski definition) is 2. The maximum Gasteiger partial charge on any atom is 0.227 e. The van der Waals surface area contributed by atoms with E-state index in [1.165, 1.54) is 12.8 Å². The Morgan fingerprint density at radius 3 is 2.52 bits per heavy atom. The minimum Gasteiger partial charge on any atom is -0.497 e. The quantitative estimate of drug-likeness (QED) is 0.737. The first-order valence-corrected chi connectivity index (χ1v) is 8.48. The fourth-order valence-electron chi connectivity index (χ4n) is 3.08. The summed E-state index contributed by atoms with van der Waals surface area (Å²) in [5.41, 5.74) is 2.13. The summed E-state index contributed by atoms with van der Waals surface area (Å²) in [5.74, 6) is 2.04. The molecule has 0 spiro atoms. The van der Waals surface area contributed by atoms with E-state index in [0.29, 0.717) is 29.0 Å². The first kappa shape index (κ1) is 15.6. The van der Waals surface area contributed by atoms with Crippen molar-refractivity contribution >= 4 is 28.6 Å². The van der Waals surface area contributed by atoms with E-state index in [1.807, 2.05) is 24.3 Å². The topological polar surface area (TPSA) is 84.9 Å². The lowest BCUT2D eigenvalue weighted by Gasteiger charge is -2.14. The van der Waals surface area contributed by atoms with Crippen molar-refractivity contribution in [2.24, 2.45) is 0 Å². The van der Waals surface area contributed by atoms with Crippen LogP contribution in [0.15, 0.2) is 36.7 Å². The van der Waals surface area contributed by atoms with Crippen LogP contribution in [0.5, 0.6) is 5.75 Å². The third-order valence-electron chi connectivity index (χ3n) is 4.37. The van der Waals surface area contributed by atoms with Crippen molar-refractivity contribution < 1.29 is 4.74 Å². The van der Waals surface area contributed by atoms with Gasteiger partial charge in [-0.3, -0.25) is 0 Å². The van der Waals surface area contributed by atoms with Crippen molar-refractivity contribution in [3.8, 4) is 5.75 Å². The van der Waals surface area contributed by atoms with E-state index < -0.39 is 0 Å². The second-order valence-corrected chi connectivity index (χ2v) is 6.10. The molecule has 2 aromatic heterocycles. The molecule has 0 unspecified atom stereocenters. The summed E-state index contributed by atoms with van der Waals surface area (Å²) in [6.07, 6.45) is 8.11. The summed E-state index contributed by atoms with van der Waals surface area (Å²) in [6.45, 7) is 0. The lowest BCUT2D eigenvalue weighted by Crippen LogP contribution is -2.17. The highest BCUT2D eigenvalue weighted by Gasteiger charge is 2.17. The molecular formula is C18H20N6O. The molecule has 0 atom stereocenters. The van der Waals surface area contributed by atoms with Crippen LogP contribution in [0.2, 0.25) is 0 Å². The monoisotopic (exact) mass is 336 g/mol. The number of benzene rings is 1. The number of nitrogens with one attached hydrogen (secondary N) is 2. The maximum absolute atomic E-state index is 5.20. The van der Waals surface area contributed by atoms with E-state index in [2.05, 4.69) is 30.6 Å². The largest absolute Gasteiger partial charge is 0.497 e. The summed E-state index contributed by atoms with van der Waals surface area (Å²) in [6, 6.07) is 8.10. The lowest BCUT2D eigenvalue weighted by atomic mass is 10.2. The minimum atomic E-state index is 0.433. The van der Waals surface area contributed by atoms with Gasteiger partial charge in [0.2, 0.25) is 5.95 Å². The standard InChI is InChI=1S/C18H20N6O/c1-25-14-8-6-13(7-9-14)21-17-15-16(20-11-10-19-15)23-18(24-17)22-12-4-2-3-5-12/h6-12H,2-5H2,1H3,(H2,20,21,22,23,24). The highest BCUT2D eigenvalue weighted by Crippen LogP contribution is 2.26. The van der Waals surface area contributed by atoms with Gasteiger partial charge in [-0.05, 0) is 37.1 Å². The van der Waals surface area contributed by atoms with Gasteiger partial charge in [-0.2, -0.15) is 9.97 Å². The Balaban J connectivity index is 1.67. The zero-order valence-corrected chi connectivity index (χ0v) is 14.1. The van der Waals surface area contributed by atoms with Crippen LogP contribution in [-0.2, 0) is 0 Å². The van der Waals surface area contributed by atoms with Crippen LogP contribution in [-0.4, -0.2) is 33.1 Å². The fraction of sp³-hybridized carbons (Fsp3) is 0.333. The van der Waals surface area contributed by atoms with Crippen molar-refractivity contribution in [2.45, 2.75) is 31.7 Å². The number of hydrogen-bond acceptors (Lipinski definition) is 7. The summed E-state index contributed by atoms with van der Waals surface area (Å²) >= 11 is 0. The molecule has 1 fully saturated rings. The molecule has 2 heterocycles. The molecule has 3 aromatic rings. The number of anilines is 3. The van der Waals surface area contributed by atoms with Crippen molar-refractivity contribution in [3.63, 3.8) is 0 Å². The second kappa shape index (κ2) is 6.88. The average Bonchev–Trinajstić information content (AvgIpc) is 3.15. The number of ether oxygens (including phenoxy) is 1. The van der Waals surface area contributed by atoms with Gasteiger partial charge in [-0.25, -0.2) is 9.97 Å². The summed E-state index contributed by atoms with van der Waals surface area (Å²) in [5, 5.41) is 6.74. The summed E-state index contributed by atoms with van der Waals surface area (Å²) in [7, 11) is 1.65. The van der Waals surface area contributed by atoms with Crippen molar-refractivity contribution in [2.75, 3.05) is 17.7 Å². The highest BCUT2D eigenvalue weighted by atomic mass is 16.5. The summed E-state index contributed by atoms with van der Waals surface area (Å²) < 4.78 is 5.20. The Morgan fingerprint density at radius 1 is 1.00 bits per heavy atom. The van der Waals surface area contributed by atoms with Crippen LogP contribution in [0, 0.1) is 0 Å². The van der Waals surface area contributed by atoms with Gasteiger partial charge in [0, 0.05) is 24.1 Å². The van der Waals surface area contributed by atoms with Gasteiger partial charge < -0.3 is 15.4 Å². The normalized spacial score (nSPS) is 14.6. The third-order valence-corrected chi connectivity index (χ3v) is 4.37. The maximum atomic E-state index is 5.20. The zero-order chi connectivity index (χ0) is 17.1. The van der Waals surface area contributed by atoms with Gasteiger partial charge in [0.05, 0.1) is 7.11 Å². The van der Waals surface area contributed by atoms with E-state index in [4.69, 9.17) is 4.74 Å². The first-order valence-electron chi connectivity index (χ1n) is 8.48. The van der Waals surface area contributed by atoms with E-state index in [0.717, 1.165) is 24.3 Å². The van der Waals surface area contributed by atoms with E-state index in [9.17, 15) is 0 Å². The van der Waals surface area contributed by atoms with E-state index in [-0.39, 0.29) is 0 Å². The molecule has 1 saturated carbocycles. The van der Waals surface area contributed by atoms with Crippen molar-refractivity contribution in [1.82, 2.24) is 19.9 Å². The Bertz CT molecular complexity index is 861. The fourth-order valence-corrected chi connectivity index (χ4v) is 3.08. The van der Waals surface area contributed by atoms with Gasteiger partial charge >= 0.3 is 0 Å². The van der Waals surface area contributed by atoms with Gasteiger partial charge in [-0.1, -0.05) is 12.8 Å². The Kier molecular flexibility index (Phi) is 4.28. The van der Waals surface area contributed by atoms with Gasteiger partial charge in [0.25, 0.3) is 0 Å². The van der Waals surface area contributed by atoms with Gasteiger partial charge in [0.1, 0.15) is 5.75 Å². The van der Waals surface area contributed by atoms with Crippen LogP contribution in [0.4, 0.5) is 17.5 Å². The molecule has 7 nitrogen and oxygen atoms in total. The molecular weight excluding hydrogens is 316 g/mol. The smallest absolute Gasteiger partial charge is 0.227 e. The van der Waals surface area contributed by atoms with Crippen LogP contribution < -0.4 is 15.4 Å². The second-order valence-electron chi connectivity index (χ2n) is 6.10. The molecule has 2 N–H and O–H groups in total. The van der Waals surface area contributed by atoms with E-state index >= 15 is 0 Å². The Labute approximate surface area is 145 Å². The van der Waals surface area contributed by atoms with Crippen molar-refractivity contribution in [3.05, 3.63) is 36.7 Å². The van der Waals surface area contributed by atoms with Crippen LogP contribution in [0.25, 0.3) is 11.2 Å². The zero-order valence-electron chi connectivity index (χ0n) is 14.1. The molecule has 0 bridgehead atoms. The molecule has 1 aromatic carbocycles. The molecule has 1 aliphatic carbocycles. The molecule has 0 radical (unpaired) electrons. The summed E-state index contributed by atoms with van der Waals surface area (Å²) in [4.78, 5) is 17.9. The van der Waals surface area contributed by atoms with Crippen LogP contribution in [0.3, 0.4) is 0 Å². The highest BCUT2D eigenvalue weighted by molar-refractivity contribution is 5.85. The van der Waals surface area contributed by atoms with Gasteiger partial charge in [0.15, 0.2) is 17.0 Å². The number of methoxy groups -OCH3 is 1. The molecule has 0 saturated heterocycles. The molecule has 7 heteroatoms. The predicted molar refractivity (Wildman–Crippen MR) is 97.3 cm³/mol. The van der Waals surface area contributed by atoms with E-state index in [1.54, 1.807) is 19.5 Å². The lowest BCUT2D eigenvalue weighted by molar-refractivity contribution is 0.415. The minimum absolute atomic E-state index is 0.433. The molecule has 1 aliphatic rings. The first-order chi connectivity index (χ1) is 12.3. The Morgan fingerprint density at radius 2 is 1.76 bits per heavy atom. The Hall–Kier alpha value is -2.96. The molecule has 25 heavy (non-hydrogen) atoms. The average molecular weight is 336 g/mol. The number of nitrogens with zero attached hydrogens (tertiary/aromatic N) is 4. The molecule has 0 aliphatic heterocycles. The number of rotatable bonds is 5.